The standard InChI is InChI=1S/C11H19N3S/c1-11(2,9-12)5-3-8-15-10-13-6-4-7-14-10/h4,6-7H,3,5,8-9,12H2,1-2H3. The summed E-state index contributed by atoms with van der Waals surface area (Å²) in [6.07, 6.45) is 5.87. The monoisotopic (exact) mass is 225 g/mol. The van der Waals surface area contributed by atoms with Gasteiger partial charge in [-0.05, 0) is 30.9 Å². The van der Waals surface area contributed by atoms with Gasteiger partial charge in [-0.15, -0.1) is 0 Å². The number of rotatable bonds is 6. The van der Waals surface area contributed by atoms with Crippen molar-refractivity contribution in [2.75, 3.05) is 12.3 Å². The van der Waals surface area contributed by atoms with Crippen LogP contribution in [0.1, 0.15) is 26.7 Å². The molecule has 1 aromatic heterocycles. The summed E-state index contributed by atoms with van der Waals surface area (Å²) in [4.78, 5) is 8.32. The number of aromatic nitrogens is 2. The van der Waals surface area contributed by atoms with Crippen molar-refractivity contribution in [3.05, 3.63) is 18.5 Å². The van der Waals surface area contributed by atoms with Gasteiger partial charge >= 0.3 is 0 Å². The summed E-state index contributed by atoms with van der Waals surface area (Å²) in [5.74, 6) is 1.06. The molecule has 0 aliphatic heterocycles. The third-order valence-electron chi connectivity index (χ3n) is 2.32. The molecule has 0 spiro atoms. The number of hydrogen-bond donors (Lipinski definition) is 1. The molecule has 1 aromatic rings. The molecule has 4 heteroatoms. The molecule has 0 aliphatic carbocycles. The lowest BCUT2D eigenvalue weighted by Gasteiger charge is -2.21. The molecule has 0 saturated carbocycles. The molecule has 84 valence electrons. The van der Waals surface area contributed by atoms with Crippen LogP contribution in [-0.2, 0) is 0 Å². The van der Waals surface area contributed by atoms with E-state index in [4.69, 9.17) is 5.73 Å². The van der Waals surface area contributed by atoms with Gasteiger partial charge in [0, 0.05) is 18.1 Å². The van der Waals surface area contributed by atoms with Crippen molar-refractivity contribution in [1.82, 2.24) is 9.97 Å². The van der Waals surface area contributed by atoms with Gasteiger partial charge in [0.15, 0.2) is 5.16 Å². The Bertz CT molecular complexity index is 274. The number of hydrogen-bond acceptors (Lipinski definition) is 4. The fourth-order valence-electron chi connectivity index (χ4n) is 1.18. The second-order valence-corrected chi connectivity index (χ2v) is 5.41. The van der Waals surface area contributed by atoms with E-state index in [0.717, 1.165) is 30.3 Å². The van der Waals surface area contributed by atoms with Crippen molar-refractivity contribution < 1.29 is 0 Å². The number of thioether (sulfide) groups is 1. The maximum atomic E-state index is 5.67. The van der Waals surface area contributed by atoms with Crippen molar-refractivity contribution in [1.29, 1.82) is 0 Å². The fourth-order valence-corrected chi connectivity index (χ4v) is 1.92. The Morgan fingerprint density at radius 3 is 2.60 bits per heavy atom. The Morgan fingerprint density at radius 2 is 2.00 bits per heavy atom. The Morgan fingerprint density at radius 1 is 1.33 bits per heavy atom. The molecule has 0 saturated heterocycles. The molecular weight excluding hydrogens is 206 g/mol. The molecule has 0 atom stereocenters. The zero-order chi connectivity index (χ0) is 11.1. The summed E-state index contributed by atoms with van der Waals surface area (Å²) in [7, 11) is 0. The fraction of sp³-hybridized carbons (Fsp3) is 0.636. The molecule has 3 nitrogen and oxygen atoms in total. The van der Waals surface area contributed by atoms with E-state index in [1.807, 2.05) is 6.07 Å². The topological polar surface area (TPSA) is 51.8 Å². The van der Waals surface area contributed by atoms with Gasteiger partial charge in [0.05, 0.1) is 0 Å². The molecule has 0 radical (unpaired) electrons. The third-order valence-corrected chi connectivity index (χ3v) is 3.29. The molecule has 0 fully saturated rings. The van der Waals surface area contributed by atoms with Gasteiger partial charge < -0.3 is 5.73 Å². The summed E-state index contributed by atoms with van der Waals surface area (Å²) in [6.45, 7) is 5.16. The Hall–Kier alpha value is -0.610. The summed E-state index contributed by atoms with van der Waals surface area (Å²) < 4.78 is 0. The maximum Gasteiger partial charge on any atom is 0.187 e. The smallest absolute Gasteiger partial charge is 0.187 e. The van der Waals surface area contributed by atoms with Crippen LogP contribution in [0.2, 0.25) is 0 Å². The Kier molecular flexibility index (Phi) is 5.05. The van der Waals surface area contributed by atoms with Crippen LogP contribution in [0.25, 0.3) is 0 Å². The van der Waals surface area contributed by atoms with Gasteiger partial charge in [0.1, 0.15) is 0 Å². The molecule has 2 N–H and O–H groups in total. The lowest BCUT2D eigenvalue weighted by molar-refractivity contribution is 0.345. The van der Waals surface area contributed by atoms with Crippen molar-refractivity contribution in [2.45, 2.75) is 31.8 Å². The van der Waals surface area contributed by atoms with Crippen molar-refractivity contribution >= 4 is 11.8 Å². The quantitative estimate of drug-likeness (QED) is 0.458. The second kappa shape index (κ2) is 6.08. The Balaban J connectivity index is 2.18. The van der Waals surface area contributed by atoms with E-state index in [1.165, 1.54) is 0 Å². The van der Waals surface area contributed by atoms with E-state index in [0.29, 0.717) is 0 Å². The normalized spacial score (nSPS) is 11.7. The highest BCUT2D eigenvalue weighted by Crippen LogP contribution is 2.22. The van der Waals surface area contributed by atoms with E-state index in [-0.39, 0.29) is 5.41 Å². The van der Waals surface area contributed by atoms with Crippen molar-refractivity contribution in [3.8, 4) is 0 Å². The van der Waals surface area contributed by atoms with Crippen LogP contribution in [0.5, 0.6) is 0 Å². The van der Waals surface area contributed by atoms with E-state index < -0.39 is 0 Å². The average molecular weight is 225 g/mol. The highest BCUT2D eigenvalue weighted by atomic mass is 32.2. The van der Waals surface area contributed by atoms with E-state index in [2.05, 4.69) is 23.8 Å². The first-order valence-corrected chi connectivity index (χ1v) is 6.22. The van der Waals surface area contributed by atoms with E-state index in [9.17, 15) is 0 Å². The van der Waals surface area contributed by atoms with Crippen LogP contribution < -0.4 is 5.73 Å². The average Bonchev–Trinajstić information content (AvgIpc) is 2.26. The molecule has 15 heavy (non-hydrogen) atoms. The van der Waals surface area contributed by atoms with Crippen LogP contribution in [0.15, 0.2) is 23.6 Å². The molecule has 1 rings (SSSR count). The van der Waals surface area contributed by atoms with Crippen molar-refractivity contribution in [2.24, 2.45) is 11.1 Å². The van der Waals surface area contributed by atoms with Gasteiger partial charge in [0.25, 0.3) is 0 Å². The predicted octanol–water partition coefficient (Wildman–Crippen LogP) is 2.33. The predicted molar refractivity (Wildman–Crippen MR) is 64.8 cm³/mol. The van der Waals surface area contributed by atoms with Crippen LogP contribution in [0, 0.1) is 5.41 Å². The van der Waals surface area contributed by atoms with Crippen molar-refractivity contribution in [3.63, 3.8) is 0 Å². The van der Waals surface area contributed by atoms with Gasteiger partial charge in [-0.25, -0.2) is 9.97 Å². The minimum atomic E-state index is 0.262. The van der Waals surface area contributed by atoms with E-state index in [1.54, 1.807) is 24.2 Å². The summed E-state index contributed by atoms with van der Waals surface area (Å²) in [5.41, 5.74) is 5.93. The summed E-state index contributed by atoms with van der Waals surface area (Å²) in [5, 5.41) is 0.864. The summed E-state index contributed by atoms with van der Waals surface area (Å²) in [6, 6.07) is 1.83. The zero-order valence-corrected chi connectivity index (χ0v) is 10.3. The highest BCUT2D eigenvalue weighted by molar-refractivity contribution is 7.99. The SMILES string of the molecule is CC(C)(CN)CCCSc1ncccn1. The van der Waals surface area contributed by atoms with Gasteiger partial charge in [-0.1, -0.05) is 25.6 Å². The van der Waals surface area contributed by atoms with Crippen LogP contribution >= 0.6 is 11.8 Å². The first-order valence-electron chi connectivity index (χ1n) is 5.24. The van der Waals surface area contributed by atoms with Crippen LogP contribution in [-0.4, -0.2) is 22.3 Å². The lowest BCUT2D eigenvalue weighted by atomic mass is 9.88. The third kappa shape index (κ3) is 5.14. The van der Waals surface area contributed by atoms with E-state index >= 15 is 0 Å². The first-order chi connectivity index (χ1) is 7.14. The minimum Gasteiger partial charge on any atom is -0.330 e. The van der Waals surface area contributed by atoms with Crippen LogP contribution in [0.3, 0.4) is 0 Å². The molecular formula is C11H19N3S. The van der Waals surface area contributed by atoms with Gasteiger partial charge in [-0.2, -0.15) is 0 Å². The molecule has 0 amide bonds. The highest BCUT2D eigenvalue weighted by Gasteiger charge is 2.14. The number of nitrogens with two attached hydrogens (primary N) is 1. The molecule has 0 aromatic carbocycles. The number of nitrogens with zero attached hydrogens (tertiary/aromatic N) is 2. The molecule has 0 bridgehead atoms. The lowest BCUT2D eigenvalue weighted by Crippen LogP contribution is -2.23. The molecule has 1 heterocycles. The minimum absolute atomic E-state index is 0.262. The van der Waals surface area contributed by atoms with Gasteiger partial charge in [-0.3, -0.25) is 0 Å². The van der Waals surface area contributed by atoms with Gasteiger partial charge in [0.2, 0.25) is 0 Å². The second-order valence-electron chi connectivity index (χ2n) is 4.35. The first kappa shape index (κ1) is 12.5. The Labute approximate surface area is 95.9 Å². The molecule has 0 aliphatic rings. The van der Waals surface area contributed by atoms with Crippen LogP contribution in [0.4, 0.5) is 0 Å². The maximum absolute atomic E-state index is 5.67. The largest absolute Gasteiger partial charge is 0.330 e. The zero-order valence-electron chi connectivity index (χ0n) is 9.44. The molecule has 0 unspecified atom stereocenters. The summed E-state index contributed by atoms with van der Waals surface area (Å²) >= 11 is 1.71.